The van der Waals surface area contributed by atoms with E-state index in [-0.39, 0.29) is 18.1 Å². The van der Waals surface area contributed by atoms with Gasteiger partial charge in [-0.15, -0.1) is 0 Å². The summed E-state index contributed by atoms with van der Waals surface area (Å²) in [4.78, 5) is 28.7. The fourth-order valence-corrected chi connectivity index (χ4v) is 3.36. The Kier molecular flexibility index (Phi) is 7.61. The number of nitrogens with zero attached hydrogens (tertiary/aromatic N) is 2. The molecule has 30 heavy (non-hydrogen) atoms. The lowest BCUT2D eigenvalue weighted by atomic mass is 10.0. The molecule has 1 aromatic rings. The number of likely N-dealkylation sites (N-methyl/N-ethyl adjacent to an activating group) is 1. The number of likely N-dealkylation sites (tertiary alicyclic amines) is 1. The van der Waals surface area contributed by atoms with Crippen molar-refractivity contribution in [3.63, 3.8) is 0 Å². The highest BCUT2D eigenvalue weighted by atomic mass is 16.6. The van der Waals surface area contributed by atoms with Crippen molar-refractivity contribution in [2.75, 3.05) is 34.3 Å². The van der Waals surface area contributed by atoms with Crippen LogP contribution in [0.15, 0.2) is 30.5 Å². The van der Waals surface area contributed by atoms with Gasteiger partial charge in [-0.3, -0.25) is 4.79 Å². The molecule has 0 radical (unpaired) electrons. The zero-order valence-corrected chi connectivity index (χ0v) is 18.6. The number of hydrogen-bond donors (Lipinski definition) is 2. The number of methoxy groups -OCH3 is 1. The maximum absolute atomic E-state index is 13.0. The van der Waals surface area contributed by atoms with E-state index in [0.29, 0.717) is 24.2 Å². The van der Waals surface area contributed by atoms with Gasteiger partial charge in [-0.05, 0) is 38.5 Å². The highest BCUT2D eigenvalue weighted by Crippen LogP contribution is 2.22. The number of ether oxygens (including phenoxy) is 2. The van der Waals surface area contributed by atoms with Crippen LogP contribution in [-0.2, 0) is 9.47 Å². The maximum Gasteiger partial charge on any atom is 0.410 e. The monoisotopic (exact) mass is 416 g/mol. The van der Waals surface area contributed by atoms with Gasteiger partial charge in [-0.2, -0.15) is 0 Å². The van der Waals surface area contributed by atoms with Crippen LogP contribution in [0.3, 0.4) is 0 Å². The highest BCUT2D eigenvalue weighted by Gasteiger charge is 2.41. The largest absolute Gasteiger partial charge is 0.444 e. The molecule has 0 aromatic heterocycles. The van der Waals surface area contributed by atoms with Crippen LogP contribution in [0.25, 0.3) is 5.57 Å². The molecule has 1 aliphatic rings. The molecule has 2 atom stereocenters. The van der Waals surface area contributed by atoms with E-state index < -0.39 is 11.7 Å². The lowest BCUT2D eigenvalue weighted by Crippen LogP contribution is -2.45. The van der Waals surface area contributed by atoms with E-state index in [2.05, 4.69) is 5.32 Å². The Balaban J connectivity index is 2.13. The molecule has 8 nitrogen and oxygen atoms in total. The molecule has 0 aliphatic carbocycles. The second-order valence-electron chi connectivity index (χ2n) is 8.25. The maximum atomic E-state index is 13.0. The van der Waals surface area contributed by atoms with Gasteiger partial charge in [0, 0.05) is 51.3 Å². The average Bonchev–Trinajstić information content (AvgIpc) is 3.14. The molecule has 0 spiro atoms. The number of carbonyl (C=O) groups is 2. The predicted molar refractivity (Wildman–Crippen MR) is 117 cm³/mol. The normalized spacial score (nSPS) is 19.4. The summed E-state index contributed by atoms with van der Waals surface area (Å²) in [5, 5.41) is 10.4. The number of allylic oxidation sites excluding steroid dienone is 1. The lowest BCUT2D eigenvalue weighted by Gasteiger charge is -2.28. The summed E-state index contributed by atoms with van der Waals surface area (Å²) in [6, 6.07) is 6.82. The van der Waals surface area contributed by atoms with Crippen molar-refractivity contribution in [1.29, 1.82) is 5.41 Å². The minimum atomic E-state index is -0.585. The van der Waals surface area contributed by atoms with Gasteiger partial charge in [0.15, 0.2) is 0 Å². The Morgan fingerprint density at radius 1 is 1.20 bits per heavy atom. The summed E-state index contributed by atoms with van der Waals surface area (Å²) >= 11 is 0. The van der Waals surface area contributed by atoms with Gasteiger partial charge in [0.05, 0.1) is 18.7 Å². The molecule has 1 saturated heterocycles. The van der Waals surface area contributed by atoms with Crippen LogP contribution in [-0.4, -0.2) is 80.1 Å². The summed E-state index contributed by atoms with van der Waals surface area (Å²) in [7, 11) is 5.07. The van der Waals surface area contributed by atoms with Crippen molar-refractivity contribution >= 4 is 23.8 Å². The van der Waals surface area contributed by atoms with Gasteiger partial charge in [0.25, 0.3) is 5.91 Å². The highest BCUT2D eigenvalue weighted by molar-refractivity contribution is 6.08. The van der Waals surface area contributed by atoms with E-state index in [4.69, 9.17) is 14.9 Å². The molecule has 8 heteroatoms. The molecule has 2 N–H and O–H groups in total. The Bertz CT molecular complexity index is 798. The third-order valence-corrected chi connectivity index (χ3v) is 4.93. The molecule has 0 bridgehead atoms. The zero-order valence-electron chi connectivity index (χ0n) is 18.6. The molecule has 2 rings (SSSR count). The molecule has 1 aliphatic heterocycles. The van der Waals surface area contributed by atoms with Gasteiger partial charge >= 0.3 is 6.09 Å². The number of amides is 2. The van der Waals surface area contributed by atoms with Crippen LogP contribution < -0.4 is 5.32 Å². The smallest absolute Gasteiger partial charge is 0.410 e. The van der Waals surface area contributed by atoms with E-state index in [1.165, 1.54) is 6.21 Å². The van der Waals surface area contributed by atoms with Crippen LogP contribution >= 0.6 is 0 Å². The van der Waals surface area contributed by atoms with Crippen molar-refractivity contribution in [2.24, 2.45) is 0 Å². The first-order valence-corrected chi connectivity index (χ1v) is 9.87. The van der Waals surface area contributed by atoms with Crippen LogP contribution in [0.5, 0.6) is 0 Å². The standard InChI is InChI=1S/C22H32N4O4/c1-22(2,3)30-21(28)26-13-18(19(14-26)29-6)25(5)20(27)16-9-7-15(8-10-16)17(11-23)12-24-4/h7-12,18-19,23-24H,13-14H2,1-6H3/b17-12+,23-11?/t18-,19-/m0/s1. The number of nitrogens with one attached hydrogen (secondary N) is 2. The Morgan fingerprint density at radius 3 is 2.30 bits per heavy atom. The number of rotatable bonds is 6. The number of benzene rings is 1. The molecule has 1 heterocycles. The number of carbonyl (C=O) groups excluding carboxylic acids is 2. The van der Waals surface area contributed by atoms with Crippen LogP contribution in [0.2, 0.25) is 0 Å². The second kappa shape index (κ2) is 9.75. The van der Waals surface area contributed by atoms with Gasteiger partial charge in [0.2, 0.25) is 0 Å². The third kappa shape index (κ3) is 5.60. The van der Waals surface area contributed by atoms with Crippen molar-refractivity contribution in [1.82, 2.24) is 15.1 Å². The fraction of sp³-hybridized carbons (Fsp3) is 0.500. The molecule has 164 valence electrons. The Hall–Kier alpha value is -2.87. The number of hydrogen-bond acceptors (Lipinski definition) is 6. The van der Waals surface area contributed by atoms with E-state index >= 15 is 0 Å². The zero-order chi connectivity index (χ0) is 22.5. The lowest BCUT2D eigenvalue weighted by molar-refractivity contribution is 0.0249. The fourth-order valence-electron chi connectivity index (χ4n) is 3.36. The summed E-state index contributed by atoms with van der Waals surface area (Å²) < 4.78 is 11.0. The van der Waals surface area contributed by atoms with E-state index in [1.807, 2.05) is 32.9 Å². The molecule has 1 fully saturated rings. The van der Waals surface area contributed by atoms with E-state index in [1.54, 1.807) is 49.3 Å². The van der Waals surface area contributed by atoms with Crippen molar-refractivity contribution < 1.29 is 19.1 Å². The Morgan fingerprint density at radius 2 is 1.80 bits per heavy atom. The van der Waals surface area contributed by atoms with E-state index in [0.717, 1.165) is 5.56 Å². The molecular formula is C22H32N4O4. The van der Waals surface area contributed by atoms with Crippen LogP contribution in [0.1, 0.15) is 36.7 Å². The molecular weight excluding hydrogens is 384 g/mol. The first-order valence-electron chi connectivity index (χ1n) is 9.87. The SMILES string of the molecule is CN/C=C(\C=N)c1ccc(C(=O)N(C)[C@H]2CN(C(=O)OC(C)(C)C)C[C@@H]2OC)cc1. The summed E-state index contributed by atoms with van der Waals surface area (Å²) in [5.41, 5.74) is 1.50. The molecule has 1 aromatic carbocycles. The average molecular weight is 417 g/mol. The van der Waals surface area contributed by atoms with Crippen molar-refractivity contribution in [3.8, 4) is 0 Å². The van der Waals surface area contributed by atoms with E-state index in [9.17, 15) is 9.59 Å². The quantitative estimate of drug-likeness (QED) is 0.695. The van der Waals surface area contributed by atoms with Crippen molar-refractivity contribution in [2.45, 2.75) is 38.5 Å². The minimum absolute atomic E-state index is 0.159. The van der Waals surface area contributed by atoms with Crippen molar-refractivity contribution in [3.05, 3.63) is 41.6 Å². The summed E-state index contributed by atoms with van der Waals surface area (Å²) in [6.45, 7) is 6.17. The first kappa shape index (κ1) is 23.4. The molecule has 0 unspecified atom stereocenters. The van der Waals surface area contributed by atoms with Crippen LogP contribution in [0, 0.1) is 5.41 Å². The summed E-state index contributed by atoms with van der Waals surface area (Å²) in [5.74, 6) is -0.159. The topological polar surface area (TPSA) is 95.0 Å². The van der Waals surface area contributed by atoms with Gasteiger partial charge in [-0.1, -0.05) is 12.1 Å². The van der Waals surface area contributed by atoms with Gasteiger partial charge in [-0.25, -0.2) is 4.79 Å². The van der Waals surface area contributed by atoms with Gasteiger partial charge < -0.3 is 30.0 Å². The molecule has 2 amide bonds. The Labute approximate surface area is 178 Å². The second-order valence-corrected chi connectivity index (χ2v) is 8.25. The molecule has 0 saturated carbocycles. The summed E-state index contributed by atoms with van der Waals surface area (Å²) in [6.07, 6.45) is 2.27. The van der Waals surface area contributed by atoms with Gasteiger partial charge in [0.1, 0.15) is 5.60 Å². The first-order chi connectivity index (χ1) is 14.1. The van der Waals surface area contributed by atoms with Crippen LogP contribution in [0.4, 0.5) is 4.79 Å². The third-order valence-electron chi connectivity index (χ3n) is 4.93. The predicted octanol–water partition coefficient (Wildman–Crippen LogP) is 2.60. The minimum Gasteiger partial charge on any atom is -0.444 e.